The lowest BCUT2D eigenvalue weighted by molar-refractivity contribution is -0.132. The van der Waals surface area contributed by atoms with Gasteiger partial charge in [0.15, 0.2) is 0 Å². The van der Waals surface area contributed by atoms with Crippen molar-refractivity contribution in [1.29, 1.82) is 0 Å². The van der Waals surface area contributed by atoms with Crippen molar-refractivity contribution in [2.45, 2.75) is 38.1 Å². The van der Waals surface area contributed by atoms with E-state index in [0.29, 0.717) is 12.2 Å². The summed E-state index contributed by atoms with van der Waals surface area (Å²) in [5.74, 6) is 0.0631. The number of carbonyl (C=O) groups excluding carboxylic acids is 2. The summed E-state index contributed by atoms with van der Waals surface area (Å²) in [6, 6.07) is 14.1. The molecule has 2 fully saturated rings. The van der Waals surface area contributed by atoms with E-state index in [9.17, 15) is 14.0 Å². The predicted molar refractivity (Wildman–Crippen MR) is 116 cm³/mol. The molecule has 31 heavy (non-hydrogen) atoms. The molecule has 0 spiro atoms. The minimum atomic E-state index is -0.412. The molecule has 1 unspecified atom stereocenters. The third-order valence-electron chi connectivity index (χ3n) is 6.32. The maximum atomic E-state index is 14.3. The summed E-state index contributed by atoms with van der Waals surface area (Å²) in [6.07, 6.45) is 3.49. The van der Waals surface area contributed by atoms with Crippen molar-refractivity contribution in [2.75, 3.05) is 24.5 Å². The summed E-state index contributed by atoms with van der Waals surface area (Å²) in [4.78, 5) is 34.0. The highest BCUT2D eigenvalue weighted by Gasteiger charge is 2.36. The average Bonchev–Trinajstić information content (AvgIpc) is 3.35. The first-order valence-electron chi connectivity index (χ1n) is 10.9. The Morgan fingerprint density at radius 1 is 1.03 bits per heavy atom. The fourth-order valence-corrected chi connectivity index (χ4v) is 4.73. The van der Waals surface area contributed by atoms with Gasteiger partial charge in [-0.2, -0.15) is 0 Å². The molecule has 1 atom stereocenters. The molecule has 3 heterocycles. The highest BCUT2D eigenvalue weighted by atomic mass is 19.1. The number of aromatic nitrogens is 2. The lowest BCUT2D eigenvalue weighted by Gasteiger charge is -2.27. The Labute approximate surface area is 180 Å². The number of imidazole rings is 1. The third kappa shape index (κ3) is 3.69. The van der Waals surface area contributed by atoms with Crippen LogP contribution in [0.15, 0.2) is 48.5 Å². The lowest BCUT2D eigenvalue weighted by atomic mass is 10.1. The van der Waals surface area contributed by atoms with Crippen molar-refractivity contribution >= 4 is 28.5 Å². The summed E-state index contributed by atoms with van der Waals surface area (Å²) in [5, 5.41) is 0. The Balaban J connectivity index is 1.47. The van der Waals surface area contributed by atoms with Crippen molar-refractivity contribution in [3.8, 4) is 0 Å². The van der Waals surface area contributed by atoms with Crippen LogP contribution < -0.4 is 4.90 Å². The minimum absolute atomic E-state index is 0.0828. The molecule has 2 amide bonds. The molecular formula is C24H25FN4O2. The number of piperidine rings is 1. The van der Waals surface area contributed by atoms with Gasteiger partial charge >= 0.3 is 0 Å². The molecule has 2 saturated heterocycles. The second-order valence-electron chi connectivity index (χ2n) is 8.34. The molecule has 0 aliphatic carbocycles. The number of rotatable bonds is 4. The first-order valence-corrected chi connectivity index (χ1v) is 10.9. The SMILES string of the molecule is O=C(Cn1c(C2CC(=O)N(c3ccccc3F)C2)nc2ccccc21)N1CCCCC1. The molecule has 0 N–H and O–H groups in total. The fourth-order valence-electron chi connectivity index (χ4n) is 4.73. The summed E-state index contributed by atoms with van der Waals surface area (Å²) >= 11 is 0. The van der Waals surface area contributed by atoms with Crippen LogP contribution in [0.2, 0.25) is 0 Å². The van der Waals surface area contributed by atoms with E-state index in [-0.39, 0.29) is 30.7 Å². The van der Waals surface area contributed by atoms with Gasteiger partial charge in [-0.05, 0) is 43.5 Å². The molecular weight excluding hydrogens is 395 g/mol. The zero-order valence-electron chi connectivity index (χ0n) is 17.3. The number of benzene rings is 2. The van der Waals surface area contributed by atoms with E-state index in [0.717, 1.165) is 42.8 Å². The van der Waals surface area contributed by atoms with Crippen LogP contribution in [0.5, 0.6) is 0 Å². The number of hydrogen-bond acceptors (Lipinski definition) is 3. The molecule has 2 aromatic carbocycles. The van der Waals surface area contributed by atoms with Crippen molar-refractivity contribution in [3.63, 3.8) is 0 Å². The molecule has 1 aromatic heterocycles. The second-order valence-corrected chi connectivity index (χ2v) is 8.34. The molecule has 2 aliphatic rings. The van der Waals surface area contributed by atoms with Crippen molar-refractivity contribution < 1.29 is 14.0 Å². The minimum Gasteiger partial charge on any atom is -0.341 e. The Hall–Kier alpha value is -3.22. The van der Waals surface area contributed by atoms with E-state index in [1.54, 1.807) is 18.2 Å². The van der Waals surface area contributed by atoms with Crippen LogP contribution >= 0.6 is 0 Å². The zero-order valence-corrected chi connectivity index (χ0v) is 17.3. The van der Waals surface area contributed by atoms with Gasteiger partial charge in [0, 0.05) is 32.0 Å². The van der Waals surface area contributed by atoms with Gasteiger partial charge in [-0.3, -0.25) is 9.59 Å². The first kappa shape index (κ1) is 19.7. The Morgan fingerprint density at radius 3 is 2.58 bits per heavy atom. The van der Waals surface area contributed by atoms with Crippen molar-refractivity contribution in [1.82, 2.24) is 14.5 Å². The first-order chi connectivity index (χ1) is 15.1. The second kappa shape index (κ2) is 8.13. The largest absolute Gasteiger partial charge is 0.341 e. The van der Waals surface area contributed by atoms with E-state index in [1.807, 2.05) is 33.7 Å². The molecule has 3 aromatic rings. The summed E-state index contributed by atoms with van der Waals surface area (Å²) in [6.45, 7) is 2.15. The number of carbonyl (C=O) groups is 2. The average molecular weight is 420 g/mol. The standard InChI is InChI=1S/C24H25FN4O2/c25-18-8-2-4-10-20(18)28-15-17(14-22(28)30)24-26-19-9-3-5-11-21(19)29(24)16-23(31)27-12-6-1-7-13-27/h2-5,8-11,17H,1,6-7,12-16H2. The molecule has 0 bridgehead atoms. The summed E-state index contributed by atoms with van der Waals surface area (Å²) in [7, 11) is 0. The molecule has 6 nitrogen and oxygen atoms in total. The van der Waals surface area contributed by atoms with Crippen LogP contribution in [0.4, 0.5) is 10.1 Å². The number of fused-ring (bicyclic) bond motifs is 1. The van der Waals surface area contributed by atoms with Gasteiger partial charge in [0.25, 0.3) is 0 Å². The molecule has 2 aliphatic heterocycles. The third-order valence-corrected chi connectivity index (χ3v) is 6.32. The topological polar surface area (TPSA) is 58.4 Å². The van der Waals surface area contributed by atoms with Gasteiger partial charge in [0.2, 0.25) is 11.8 Å². The number of hydrogen-bond donors (Lipinski definition) is 0. The fraction of sp³-hybridized carbons (Fsp3) is 0.375. The van der Waals surface area contributed by atoms with Crippen molar-refractivity contribution in [2.24, 2.45) is 0 Å². The molecule has 7 heteroatoms. The number of anilines is 1. The number of likely N-dealkylation sites (tertiary alicyclic amines) is 1. The quantitative estimate of drug-likeness (QED) is 0.647. The van der Waals surface area contributed by atoms with E-state index in [2.05, 4.69) is 0 Å². The Bertz CT molecular complexity index is 1140. The highest BCUT2D eigenvalue weighted by Crippen LogP contribution is 2.34. The van der Waals surface area contributed by atoms with Gasteiger partial charge in [0.05, 0.1) is 16.7 Å². The molecule has 0 radical (unpaired) electrons. The smallest absolute Gasteiger partial charge is 0.242 e. The van der Waals surface area contributed by atoms with Crippen LogP contribution in [0.3, 0.4) is 0 Å². The van der Waals surface area contributed by atoms with Gasteiger partial charge in [0.1, 0.15) is 18.2 Å². The van der Waals surface area contributed by atoms with Gasteiger partial charge in [-0.1, -0.05) is 24.3 Å². The summed E-state index contributed by atoms with van der Waals surface area (Å²) < 4.78 is 16.3. The zero-order chi connectivity index (χ0) is 21.4. The van der Waals surface area contributed by atoms with Crippen LogP contribution in [-0.4, -0.2) is 45.9 Å². The van der Waals surface area contributed by atoms with Gasteiger partial charge < -0.3 is 14.4 Å². The maximum absolute atomic E-state index is 14.3. The van der Waals surface area contributed by atoms with Crippen molar-refractivity contribution in [3.05, 3.63) is 60.2 Å². The normalized spacial score (nSPS) is 19.4. The number of nitrogens with zero attached hydrogens (tertiary/aromatic N) is 4. The lowest BCUT2D eigenvalue weighted by Crippen LogP contribution is -2.38. The van der Waals surface area contributed by atoms with E-state index in [1.165, 1.54) is 17.4 Å². The van der Waals surface area contributed by atoms with Crippen LogP contribution in [0.1, 0.15) is 37.4 Å². The van der Waals surface area contributed by atoms with Gasteiger partial charge in [-0.15, -0.1) is 0 Å². The number of halogens is 1. The highest BCUT2D eigenvalue weighted by molar-refractivity contribution is 5.96. The molecule has 0 saturated carbocycles. The summed E-state index contributed by atoms with van der Waals surface area (Å²) in [5.41, 5.74) is 1.99. The number of amides is 2. The monoisotopic (exact) mass is 420 g/mol. The van der Waals surface area contributed by atoms with Crippen LogP contribution in [-0.2, 0) is 16.1 Å². The number of para-hydroxylation sites is 3. The predicted octanol–water partition coefficient (Wildman–Crippen LogP) is 3.71. The van der Waals surface area contributed by atoms with E-state index >= 15 is 0 Å². The van der Waals surface area contributed by atoms with E-state index in [4.69, 9.17) is 4.98 Å². The van der Waals surface area contributed by atoms with Gasteiger partial charge in [-0.25, -0.2) is 9.37 Å². The maximum Gasteiger partial charge on any atom is 0.242 e. The van der Waals surface area contributed by atoms with Crippen LogP contribution in [0, 0.1) is 5.82 Å². The van der Waals surface area contributed by atoms with Crippen LogP contribution in [0.25, 0.3) is 11.0 Å². The molecule has 160 valence electrons. The van der Waals surface area contributed by atoms with E-state index < -0.39 is 5.82 Å². The molecule has 5 rings (SSSR count). The Morgan fingerprint density at radius 2 is 1.77 bits per heavy atom. The Kier molecular flexibility index (Phi) is 5.18.